The standard InChI is InChI=1S/C14H18FNO2/c1-2-6-14(7-8-14)9-16-11-5-3-4-10(15)12(11)13(17)18/h3-5,16H,2,6-9H2,1H3,(H,17,18). The molecule has 0 unspecified atom stereocenters. The van der Waals surface area contributed by atoms with Crippen molar-refractivity contribution in [3.63, 3.8) is 0 Å². The van der Waals surface area contributed by atoms with Crippen LogP contribution in [0.15, 0.2) is 18.2 Å². The third-order valence-electron chi connectivity index (χ3n) is 3.62. The molecule has 0 aromatic heterocycles. The first-order valence-corrected chi connectivity index (χ1v) is 6.34. The Kier molecular flexibility index (Phi) is 3.55. The van der Waals surface area contributed by atoms with E-state index in [1.807, 2.05) is 0 Å². The minimum atomic E-state index is -1.23. The van der Waals surface area contributed by atoms with Crippen LogP contribution in [0, 0.1) is 11.2 Å². The van der Waals surface area contributed by atoms with Gasteiger partial charge in [0.05, 0.1) is 5.69 Å². The highest BCUT2D eigenvalue weighted by Crippen LogP contribution is 2.49. The van der Waals surface area contributed by atoms with E-state index in [1.165, 1.54) is 25.0 Å². The van der Waals surface area contributed by atoms with E-state index in [9.17, 15) is 9.18 Å². The maximum atomic E-state index is 13.5. The van der Waals surface area contributed by atoms with E-state index in [2.05, 4.69) is 12.2 Å². The summed E-state index contributed by atoms with van der Waals surface area (Å²) >= 11 is 0. The van der Waals surface area contributed by atoms with Crippen LogP contribution >= 0.6 is 0 Å². The lowest BCUT2D eigenvalue weighted by Gasteiger charge is -2.17. The van der Waals surface area contributed by atoms with Gasteiger partial charge in [-0.15, -0.1) is 0 Å². The number of nitrogens with one attached hydrogen (secondary N) is 1. The summed E-state index contributed by atoms with van der Waals surface area (Å²) in [5.74, 6) is -1.91. The zero-order valence-corrected chi connectivity index (χ0v) is 10.5. The summed E-state index contributed by atoms with van der Waals surface area (Å²) in [6.45, 7) is 2.87. The van der Waals surface area contributed by atoms with Crippen molar-refractivity contribution in [2.75, 3.05) is 11.9 Å². The predicted molar refractivity (Wildman–Crippen MR) is 68.4 cm³/mol. The zero-order chi connectivity index (χ0) is 13.2. The minimum Gasteiger partial charge on any atom is -0.478 e. The number of hydrogen-bond donors (Lipinski definition) is 2. The number of carbonyl (C=O) groups is 1. The maximum absolute atomic E-state index is 13.5. The van der Waals surface area contributed by atoms with Crippen molar-refractivity contribution in [2.45, 2.75) is 32.6 Å². The van der Waals surface area contributed by atoms with Crippen molar-refractivity contribution in [2.24, 2.45) is 5.41 Å². The van der Waals surface area contributed by atoms with Gasteiger partial charge < -0.3 is 10.4 Å². The van der Waals surface area contributed by atoms with Gasteiger partial charge in [0.15, 0.2) is 0 Å². The van der Waals surface area contributed by atoms with Crippen LogP contribution in [0.4, 0.5) is 10.1 Å². The highest BCUT2D eigenvalue weighted by atomic mass is 19.1. The Morgan fingerprint density at radius 3 is 2.78 bits per heavy atom. The van der Waals surface area contributed by atoms with E-state index in [0.29, 0.717) is 11.1 Å². The smallest absolute Gasteiger partial charge is 0.340 e. The number of rotatable bonds is 6. The zero-order valence-electron chi connectivity index (χ0n) is 10.5. The number of anilines is 1. The third kappa shape index (κ3) is 2.63. The fraction of sp³-hybridized carbons (Fsp3) is 0.500. The second kappa shape index (κ2) is 4.96. The van der Waals surface area contributed by atoms with E-state index in [1.54, 1.807) is 6.07 Å². The molecule has 1 aliphatic rings. The van der Waals surface area contributed by atoms with Gasteiger partial charge in [0.2, 0.25) is 0 Å². The Morgan fingerprint density at radius 2 is 2.22 bits per heavy atom. The van der Waals surface area contributed by atoms with Crippen LogP contribution in [0.2, 0.25) is 0 Å². The molecule has 1 aromatic carbocycles. The van der Waals surface area contributed by atoms with E-state index >= 15 is 0 Å². The molecule has 0 heterocycles. The Balaban J connectivity index is 2.10. The van der Waals surface area contributed by atoms with Gasteiger partial charge in [0.25, 0.3) is 0 Å². The number of hydrogen-bond acceptors (Lipinski definition) is 2. The van der Waals surface area contributed by atoms with E-state index in [0.717, 1.165) is 19.4 Å². The highest BCUT2D eigenvalue weighted by Gasteiger charge is 2.41. The van der Waals surface area contributed by atoms with E-state index in [-0.39, 0.29) is 5.56 Å². The third-order valence-corrected chi connectivity index (χ3v) is 3.62. The van der Waals surface area contributed by atoms with Gasteiger partial charge in [-0.1, -0.05) is 19.4 Å². The van der Waals surface area contributed by atoms with Crippen molar-refractivity contribution >= 4 is 11.7 Å². The van der Waals surface area contributed by atoms with Crippen molar-refractivity contribution in [1.29, 1.82) is 0 Å². The molecule has 1 fully saturated rings. The van der Waals surface area contributed by atoms with Crippen LogP contribution in [0.25, 0.3) is 0 Å². The molecule has 0 spiro atoms. The lowest BCUT2D eigenvalue weighted by molar-refractivity contribution is 0.0693. The highest BCUT2D eigenvalue weighted by molar-refractivity contribution is 5.94. The molecular formula is C14H18FNO2. The quantitative estimate of drug-likeness (QED) is 0.813. The average molecular weight is 251 g/mol. The monoisotopic (exact) mass is 251 g/mol. The molecule has 0 amide bonds. The van der Waals surface area contributed by atoms with Crippen molar-refractivity contribution in [1.82, 2.24) is 0 Å². The molecule has 1 aliphatic carbocycles. The molecule has 4 heteroatoms. The second-order valence-electron chi connectivity index (χ2n) is 5.07. The van der Waals surface area contributed by atoms with Gasteiger partial charge in [0.1, 0.15) is 11.4 Å². The van der Waals surface area contributed by atoms with Gasteiger partial charge in [-0.05, 0) is 36.8 Å². The van der Waals surface area contributed by atoms with Crippen LogP contribution < -0.4 is 5.32 Å². The SMILES string of the molecule is CCCC1(CNc2cccc(F)c2C(=O)O)CC1. The van der Waals surface area contributed by atoms with Crippen LogP contribution in [0.5, 0.6) is 0 Å². The van der Waals surface area contributed by atoms with Crippen molar-refractivity contribution < 1.29 is 14.3 Å². The van der Waals surface area contributed by atoms with E-state index < -0.39 is 11.8 Å². The summed E-state index contributed by atoms with van der Waals surface area (Å²) in [6.07, 6.45) is 4.60. The second-order valence-corrected chi connectivity index (χ2v) is 5.07. The maximum Gasteiger partial charge on any atom is 0.340 e. The van der Waals surface area contributed by atoms with Crippen molar-refractivity contribution in [3.8, 4) is 0 Å². The summed E-state index contributed by atoms with van der Waals surface area (Å²) in [5, 5.41) is 12.1. The van der Waals surface area contributed by atoms with Crippen LogP contribution in [-0.2, 0) is 0 Å². The predicted octanol–water partition coefficient (Wildman–Crippen LogP) is 3.52. The molecule has 0 saturated heterocycles. The summed E-state index contributed by atoms with van der Waals surface area (Å²) in [4.78, 5) is 11.0. The summed E-state index contributed by atoms with van der Waals surface area (Å²) in [6, 6.07) is 4.33. The first-order chi connectivity index (χ1) is 8.58. The van der Waals surface area contributed by atoms with Gasteiger partial charge >= 0.3 is 5.97 Å². The molecule has 18 heavy (non-hydrogen) atoms. The van der Waals surface area contributed by atoms with Crippen LogP contribution in [-0.4, -0.2) is 17.6 Å². The fourth-order valence-electron chi connectivity index (χ4n) is 2.39. The largest absolute Gasteiger partial charge is 0.478 e. The Bertz CT molecular complexity index is 455. The summed E-state index contributed by atoms with van der Waals surface area (Å²) in [5.41, 5.74) is 0.422. The van der Waals surface area contributed by atoms with Gasteiger partial charge in [-0.2, -0.15) is 0 Å². The molecular weight excluding hydrogens is 233 g/mol. The fourth-order valence-corrected chi connectivity index (χ4v) is 2.39. The lowest BCUT2D eigenvalue weighted by Crippen LogP contribution is -2.17. The lowest BCUT2D eigenvalue weighted by atomic mass is 10.0. The van der Waals surface area contributed by atoms with Gasteiger partial charge in [-0.25, -0.2) is 9.18 Å². The average Bonchev–Trinajstić information content (AvgIpc) is 3.07. The molecule has 98 valence electrons. The summed E-state index contributed by atoms with van der Waals surface area (Å²) in [7, 11) is 0. The number of carboxylic acid groups (broad SMARTS) is 1. The molecule has 1 aromatic rings. The van der Waals surface area contributed by atoms with Gasteiger partial charge in [-0.3, -0.25) is 0 Å². The molecule has 0 aliphatic heterocycles. The van der Waals surface area contributed by atoms with Gasteiger partial charge in [0, 0.05) is 6.54 Å². The number of benzene rings is 1. The molecule has 1 saturated carbocycles. The number of halogens is 1. The van der Waals surface area contributed by atoms with Crippen LogP contribution in [0.3, 0.4) is 0 Å². The Morgan fingerprint density at radius 1 is 1.50 bits per heavy atom. The Hall–Kier alpha value is -1.58. The Labute approximate surface area is 106 Å². The molecule has 2 rings (SSSR count). The van der Waals surface area contributed by atoms with Crippen molar-refractivity contribution in [3.05, 3.63) is 29.6 Å². The molecule has 2 N–H and O–H groups in total. The summed E-state index contributed by atoms with van der Waals surface area (Å²) < 4.78 is 13.5. The van der Waals surface area contributed by atoms with Crippen LogP contribution in [0.1, 0.15) is 43.0 Å². The number of carboxylic acids is 1. The first kappa shape index (κ1) is 12.9. The topological polar surface area (TPSA) is 49.3 Å². The minimum absolute atomic E-state index is 0.259. The molecule has 0 bridgehead atoms. The normalized spacial score (nSPS) is 16.3. The molecule has 0 radical (unpaired) electrons. The first-order valence-electron chi connectivity index (χ1n) is 6.34. The molecule has 0 atom stereocenters. The molecule has 3 nitrogen and oxygen atoms in total. The number of aromatic carboxylic acids is 1. The van der Waals surface area contributed by atoms with E-state index in [4.69, 9.17) is 5.11 Å².